The van der Waals surface area contributed by atoms with E-state index < -0.39 is 0 Å². The molecule has 0 atom stereocenters. The van der Waals surface area contributed by atoms with E-state index in [1.165, 1.54) is 0 Å². The molecule has 15 heavy (non-hydrogen) atoms. The molecule has 1 spiro atoms. The van der Waals surface area contributed by atoms with E-state index in [0.717, 1.165) is 42.0 Å². The fraction of sp³-hybridized carbons (Fsp3) is 0.417. The van der Waals surface area contributed by atoms with Crippen LogP contribution in [0.4, 0.5) is 5.69 Å². The highest BCUT2D eigenvalue weighted by atomic mass is 35.5. The maximum atomic E-state index is 12.0. The Bertz CT molecular complexity index is 435. The second kappa shape index (κ2) is 2.99. The van der Waals surface area contributed by atoms with E-state index in [1.807, 2.05) is 18.2 Å². The van der Waals surface area contributed by atoms with E-state index in [0.29, 0.717) is 0 Å². The smallest absolute Gasteiger partial charge is 0.235 e. The van der Waals surface area contributed by atoms with Crippen molar-refractivity contribution in [2.24, 2.45) is 0 Å². The summed E-state index contributed by atoms with van der Waals surface area (Å²) in [6.45, 7) is 0. The van der Waals surface area contributed by atoms with Gasteiger partial charge in [0, 0.05) is 10.7 Å². The molecule has 0 aromatic heterocycles. The maximum absolute atomic E-state index is 12.0. The summed E-state index contributed by atoms with van der Waals surface area (Å²) < 4.78 is 0. The lowest BCUT2D eigenvalue weighted by Crippen LogP contribution is -2.30. The molecule has 1 aromatic rings. The van der Waals surface area contributed by atoms with Gasteiger partial charge >= 0.3 is 0 Å². The van der Waals surface area contributed by atoms with E-state index in [-0.39, 0.29) is 11.3 Å². The van der Waals surface area contributed by atoms with Crippen molar-refractivity contribution in [2.75, 3.05) is 5.32 Å². The quantitative estimate of drug-likeness (QED) is 0.717. The van der Waals surface area contributed by atoms with E-state index >= 15 is 0 Å². The van der Waals surface area contributed by atoms with E-state index in [4.69, 9.17) is 11.6 Å². The van der Waals surface area contributed by atoms with Gasteiger partial charge in [0.25, 0.3) is 0 Å². The number of carbonyl (C=O) groups excluding carboxylic acids is 1. The van der Waals surface area contributed by atoms with Crippen LogP contribution in [0.1, 0.15) is 31.2 Å². The molecular weight excluding hydrogens is 210 g/mol. The zero-order chi connectivity index (χ0) is 10.5. The van der Waals surface area contributed by atoms with Crippen LogP contribution in [0.5, 0.6) is 0 Å². The molecule has 1 heterocycles. The number of hydrogen-bond donors (Lipinski definition) is 1. The second-order valence-electron chi connectivity index (χ2n) is 4.43. The van der Waals surface area contributed by atoms with Gasteiger partial charge in [-0.25, -0.2) is 0 Å². The van der Waals surface area contributed by atoms with Crippen molar-refractivity contribution in [2.45, 2.75) is 31.1 Å². The molecule has 0 unspecified atom stereocenters. The molecule has 1 amide bonds. The molecule has 0 saturated heterocycles. The van der Waals surface area contributed by atoms with Gasteiger partial charge in [-0.05, 0) is 36.6 Å². The van der Waals surface area contributed by atoms with Crippen molar-refractivity contribution < 1.29 is 4.79 Å². The number of carbonyl (C=O) groups is 1. The van der Waals surface area contributed by atoms with Crippen molar-refractivity contribution in [3.63, 3.8) is 0 Å². The average Bonchev–Trinajstić information content (AvgIpc) is 2.78. The molecular formula is C12H12ClNO. The van der Waals surface area contributed by atoms with Crippen molar-refractivity contribution >= 4 is 23.2 Å². The van der Waals surface area contributed by atoms with Crippen LogP contribution in [0.3, 0.4) is 0 Å². The van der Waals surface area contributed by atoms with Crippen molar-refractivity contribution in [1.82, 2.24) is 0 Å². The van der Waals surface area contributed by atoms with Crippen molar-refractivity contribution in [1.29, 1.82) is 0 Å². The lowest BCUT2D eigenvalue weighted by molar-refractivity contribution is -0.120. The highest BCUT2D eigenvalue weighted by Gasteiger charge is 2.48. The first-order valence-electron chi connectivity index (χ1n) is 5.34. The van der Waals surface area contributed by atoms with Crippen LogP contribution in [0, 0.1) is 0 Å². The average molecular weight is 222 g/mol. The molecule has 3 heteroatoms. The zero-order valence-electron chi connectivity index (χ0n) is 8.35. The predicted molar refractivity (Wildman–Crippen MR) is 60.2 cm³/mol. The standard InChI is InChI=1S/C12H12ClNO/c13-8-3-4-10-9(7-8)12(11(15)14-10)5-1-2-6-12/h3-4,7H,1-2,5-6H2,(H,14,15). The van der Waals surface area contributed by atoms with Crippen LogP contribution < -0.4 is 5.32 Å². The molecule has 1 aliphatic heterocycles. The fourth-order valence-electron chi connectivity index (χ4n) is 2.86. The molecule has 1 saturated carbocycles. The van der Waals surface area contributed by atoms with Crippen molar-refractivity contribution in [3.8, 4) is 0 Å². The molecule has 0 bridgehead atoms. The number of hydrogen-bond acceptors (Lipinski definition) is 1. The third-order valence-corrected chi connectivity index (χ3v) is 3.87. The van der Waals surface area contributed by atoms with Gasteiger partial charge in [0.05, 0.1) is 5.41 Å². The Morgan fingerprint density at radius 2 is 2.00 bits per heavy atom. The summed E-state index contributed by atoms with van der Waals surface area (Å²) in [6.07, 6.45) is 4.21. The predicted octanol–water partition coefficient (Wildman–Crippen LogP) is 3.10. The first-order chi connectivity index (χ1) is 7.22. The minimum Gasteiger partial charge on any atom is -0.325 e. The molecule has 78 valence electrons. The summed E-state index contributed by atoms with van der Waals surface area (Å²) in [5.74, 6) is 0.164. The molecule has 2 aliphatic rings. The maximum Gasteiger partial charge on any atom is 0.235 e. The van der Waals surface area contributed by atoms with Crippen LogP contribution in [0.25, 0.3) is 0 Å². The fourth-order valence-corrected chi connectivity index (χ4v) is 3.03. The Morgan fingerprint density at radius 3 is 2.73 bits per heavy atom. The summed E-state index contributed by atoms with van der Waals surface area (Å²) in [5.41, 5.74) is 1.80. The van der Waals surface area contributed by atoms with Gasteiger partial charge < -0.3 is 5.32 Å². The molecule has 3 rings (SSSR count). The summed E-state index contributed by atoms with van der Waals surface area (Å²) in [5, 5.41) is 3.68. The van der Waals surface area contributed by atoms with E-state index in [1.54, 1.807) is 0 Å². The Hall–Kier alpha value is -1.02. The van der Waals surface area contributed by atoms with Crippen LogP contribution in [-0.2, 0) is 10.2 Å². The number of rotatable bonds is 0. The second-order valence-corrected chi connectivity index (χ2v) is 4.87. The van der Waals surface area contributed by atoms with Gasteiger partial charge in [-0.2, -0.15) is 0 Å². The lowest BCUT2D eigenvalue weighted by atomic mass is 9.80. The van der Waals surface area contributed by atoms with Crippen LogP contribution in [0.2, 0.25) is 5.02 Å². The summed E-state index contributed by atoms with van der Waals surface area (Å²) in [7, 11) is 0. The minimum atomic E-state index is -0.264. The normalized spacial score (nSPS) is 21.8. The summed E-state index contributed by atoms with van der Waals surface area (Å²) in [6, 6.07) is 5.68. The van der Waals surface area contributed by atoms with Gasteiger partial charge in [0.15, 0.2) is 0 Å². The monoisotopic (exact) mass is 221 g/mol. The molecule has 1 N–H and O–H groups in total. The molecule has 2 nitrogen and oxygen atoms in total. The van der Waals surface area contributed by atoms with Crippen LogP contribution >= 0.6 is 11.6 Å². The van der Waals surface area contributed by atoms with Gasteiger partial charge in [0.1, 0.15) is 0 Å². The number of amides is 1. The van der Waals surface area contributed by atoms with Gasteiger partial charge in [-0.15, -0.1) is 0 Å². The topological polar surface area (TPSA) is 29.1 Å². The lowest BCUT2D eigenvalue weighted by Gasteiger charge is -2.20. The molecule has 1 aliphatic carbocycles. The van der Waals surface area contributed by atoms with Crippen LogP contribution in [0.15, 0.2) is 18.2 Å². The Morgan fingerprint density at radius 1 is 1.27 bits per heavy atom. The molecule has 1 aromatic carbocycles. The highest BCUT2D eigenvalue weighted by Crippen LogP contribution is 2.49. The Kier molecular flexibility index (Phi) is 1.84. The first kappa shape index (κ1) is 9.22. The number of anilines is 1. The van der Waals surface area contributed by atoms with E-state index in [9.17, 15) is 4.79 Å². The van der Waals surface area contributed by atoms with Gasteiger partial charge in [0.2, 0.25) is 5.91 Å². The highest BCUT2D eigenvalue weighted by molar-refractivity contribution is 6.31. The minimum absolute atomic E-state index is 0.164. The van der Waals surface area contributed by atoms with Gasteiger partial charge in [-0.1, -0.05) is 24.4 Å². The van der Waals surface area contributed by atoms with Crippen molar-refractivity contribution in [3.05, 3.63) is 28.8 Å². The third kappa shape index (κ3) is 1.14. The number of benzene rings is 1. The molecule has 0 radical (unpaired) electrons. The SMILES string of the molecule is O=C1Nc2ccc(Cl)cc2C12CCCC2. The van der Waals surface area contributed by atoms with E-state index in [2.05, 4.69) is 5.32 Å². The molecule has 1 fully saturated rings. The number of halogens is 1. The number of fused-ring (bicyclic) bond motifs is 2. The largest absolute Gasteiger partial charge is 0.325 e. The summed E-state index contributed by atoms with van der Waals surface area (Å²) >= 11 is 5.99. The third-order valence-electron chi connectivity index (χ3n) is 3.64. The first-order valence-corrected chi connectivity index (χ1v) is 5.72. The summed E-state index contributed by atoms with van der Waals surface area (Å²) in [4.78, 5) is 12.0. The van der Waals surface area contributed by atoms with Gasteiger partial charge in [-0.3, -0.25) is 4.79 Å². The Balaban J connectivity index is 2.19. The Labute approximate surface area is 93.6 Å². The number of nitrogens with one attached hydrogen (secondary N) is 1. The van der Waals surface area contributed by atoms with Crippen LogP contribution in [-0.4, -0.2) is 5.91 Å². The zero-order valence-corrected chi connectivity index (χ0v) is 9.10.